The third kappa shape index (κ3) is 2.81. The number of carbonyl (C=O) groups is 1. The second-order valence-electron chi connectivity index (χ2n) is 4.56. The van der Waals surface area contributed by atoms with Gasteiger partial charge in [-0.25, -0.2) is 4.98 Å². The second kappa shape index (κ2) is 4.54. The van der Waals surface area contributed by atoms with Crippen molar-refractivity contribution in [3.8, 4) is 0 Å². The average Bonchev–Trinajstić information content (AvgIpc) is 3.03. The van der Waals surface area contributed by atoms with Gasteiger partial charge in [0, 0.05) is 11.6 Å². The first kappa shape index (κ1) is 13.0. The zero-order chi connectivity index (χ0) is 13.6. The molecule has 2 N–H and O–H groups in total. The Hall–Kier alpha value is -0.970. The first-order valence-corrected chi connectivity index (χ1v) is 6.95. The Morgan fingerprint density at radius 2 is 2.11 bits per heavy atom. The molecule has 0 unspecified atom stereocenters. The maximum atomic E-state index is 11.9. The van der Waals surface area contributed by atoms with Crippen LogP contribution in [0, 0.1) is 0 Å². The molecule has 1 aromatic carbocycles. The standard InChI is InChI=1S/C12H10Cl3N3O/c13-12(14,15)11-17-8-4-1-6(5-9(8)18-11)10(19)16-7-2-3-7/h1,4-5,7H,2-3H2,(H,16,19)(H,17,18). The van der Waals surface area contributed by atoms with Crippen LogP contribution < -0.4 is 5.32 Å². The van der Waals surface area contributed by atoms with Crippen LogP contribution in [0.1, 0.15) is 29.0 Å². The number of hydrogen-bond acceptors (Lipinski definition) is 2. The molecule has 7 heteroatoms. The number of aromatic nitrogens is 2. The summed E-state index contributed by atoms with van der Waals surface area (Å²) in [5.74, 6) is 0.148. The SMILES string of the molecule is O=C(NC1CC1)c1ccc2[nH]c(C(Cl)(Cl)Cl)nc2c1. The molecule has 0 atom stereocenters. The van der Waals surface area contributed by atoms with Crippen LogP contribution in [-0.2, 0) is 3.79 Å². The summed E-state index contributed by atoms with van der Waals surface area (Å²) in [7, 11) is 0. The molecule has 1 saturated carbocycles. The van der Waals surface area contributed by atoms with Crippen LogP contribution in [0.5, 0.6) is 0 Å². The predicted octanol–water partition coefficient (Wildman–Crippen LogP) is 3.28. The summed E-state index contributed by atoms with van der Waals surface area (Å²) >= 11 is 17.3. The number of carbonyl (C=O) groups excluding carboxylic acids is 1. The van der Waals surface area contributed by atoms with Crippen molar-refractivity contribution in [2.24, 2.45) is 0 Å². The van der Waals surface area contributed by atoms with Crippen LogP contribution in [0.4, 0.5) is 0 Å². The number of nitrogens with one attached hydrogen (secondary N) is 2. The lowest BCUT2D eigenvalue weighted by Gasteiger charge is -2.04. The summed E-state index contributed by atoms with van der Waals surface area (Å²) in [6.07, 6.45) is 2.10. The minimum Gasteiger partial charge on any atom is -0.349 e. The number of benzene rings is 1. The van der Waals surface area contributed by atoms with Crippen LogP contribution in [0.2, 0.25) is 0 Å². The van der Waals surface area contributed by atoms with Gasteiger partial charge in [0.1, 0.15) is 0 Å². The fraction of sp³-hybridized carbons (Fsp3) is 0.333. The molecule has 3 rings (SSSR count). The van der Waals surface area contributed by atoms with Crippen LogP contribution in [0.25, 0.3) is 11.0 Å². The van der Waals surface area contributed by atoms with Gasteiger partial charge in [-0.3, -0.25) is 4.79 Å². The normalized spacial score (nSPS) is 15.7. The van der Waals surface area contributed by atoms with Gasteiger partial charge in [-0.05, 0) is 31.0 Å². The first-order chi connectivity index (χ1) is 8.93. The van der Waals surface area contributed by atoms with E-state index in [9.17, 15) is 4.79 Å². The second-order valence-corrected chi connectivity index (χ2v) is 6.84. The molecule has 1 amide bonds. The van der Waals surface area contributed by atoms with Gasteiger partial charge in [0.2, 0.25) is 3.79 Å². The van der Waals surface area contributed by atoms with Gasteiger partial charge >= 0.3 is 0 Å². The molecule has 4 nitrogen and oxygen atoms in total. The Morgan fingerprint density at radius 3 is 2.74 bits per heavy atom. The van der Waals surface area contributed by atoms with Gasteiger partial charge in [-0.1, -0.05) is 34.8 Å². The minimum atomic E-state index is -1.60. The van der Waals surface area contributed by atoms with Crippen molar-refractivity contribution in [3.05, 3.63) is 29.6 Å². The lowest BCUT2D eigenvalue weighted by Crippen LogP contribution is -2.25. The van der Waals surface area contributed by atoms with E-state index in [1.807, 2.05) is 0 Å². The van der Waals surface area contributed by atoms with E-state index >= 15 is 0 Å². The summed E-state index contributed by atoms with van der Waals surface area (Å²) in [5, 5.41) is 2.92. The topological polar surface area (TPSA) is 57.8 Å². The predicted molar refractivity (Wildman–Crippen MR) is 75.8 cm³/mol. The van der Waals surface area contributed by atoms with E-state index in [4.69, 9.17) is 34.8 Å². The number of hydrogen-bond donors (Lipinski definition) is 2. The van der Waals surface area contributed by atoms with Gasteiger partial charge in [0.25, 0.3) is 5.91 Å². The molecule has 100 valence electrons. The number of halogens is 3. The Morgan fingerprint density at radius 1 is 1.37 bits per heavy atom. The Kier molecular flexibility index (Phi) is 3.12. The van der Waals surface area contributed by atoms with E-state index in [0.29, 0.717) is 17.1 Å². The summed E-state index contributed by atoms with van der Waals surface area (Å²) in [6.45, 7) is 0. The van der Waals surface area contributed by atoms with E-state index in [1.165, 1.54) is 0 Å². The maximum Gasteiger partial charge on any atom is 0.251 e. The molecule has 0 bridgehead atoms. The molecule has 0 spiro atoms. The van der Waals surface area contributed by atoms with E-state index in [2.05, 4.69) is 15.3 Å². The number of fused-ring (bicyclic) bond motifs is 1. The first-order valence-electron chi connectivity index (χ1n) is 5.81. The average molecular weight is 319 g/mol. The van der Waals surface area contributed by atoms with Crippen molar-refractivity contribution >= 4 is 51.7 Å². The highest BCUT2D eigenvalue weighted by Crippen LogP contribution is 2.37. The molecule has 1 fully saturated rings. The Balaban J connectivity index is 1.93. The molecular weight excluding hydrogens is 309 g/mol. The largest absolute Gasteiger partial charge is 0.349 e. The van der Waals surface area contributed by atoms with E-state index in [-0.39, 0.29) is 11.7 Å². The van der Waals surface area contributed by atoms with Gasteiger partial charge in [-0.15, -0.1) is 0 Å². The number of H-pyrrole nitrogens is 1. The zero-order valence-corrected chi connectivity index (χ0v) is 12.0. The van der Waals surface area contributed by atoms with E-state index in [0.717, 1.165) is 18.4 Å². The van der Waals surface area contributed by atoms with Crippen LogP contribution in [0.3, 0.4) is 0 Å². The monoisotopic (exact) mass is 317 g/mol. The molecule has 1 aliphatic carbocycles. The molecule has 0 aliphatic heterocycles. The molecular formula is C12H10Cl3N3O. The van der Waals surface area contributed by atoms with Crippen molar-refractivity contribution in [1.82, 2.24) is 15.3 Å². The highest BCUT2D eigenvalue weighted by Gasteiger charge is 2.27. The Labute approximate surface area is 124 Å². The molecule has 1 heterocycles. The van der Waals surface area contributed by atoms with Crippen LogP contribution in [-0.4, -0.2) is 21.9 Å². The molecule has 1 aliphatic rings. The number of rotatable bonds is 2. The number of alkyl halides is 3. The van der Waals surface area contributed by atoms with Crippen molar-refractivity contribution in [1.29, 1.82) is 0 Å². The van der Waals surface area contributed by atoms with Crippen LogP contribution >= 0.6 is 34.8 Å². The lowest BCUT2D eigenvalue weighted by molar-refractivity contribution is 0.0951. The quantitative estimate of drug-likeness (QED) is 0.835. The maximum absolute atomic E-state index is 11.9. The van der Waals surface area contributed by atoms with Crippen molar-refractivity contribution in [2.45, 2.75) is 22.7 Å². The summed E-state index contributed by atoms with van der Waals surface area (Å²) in [6, 6.07) is 5.48. The third-order valence-corrected chi connectivity index (χ3v) is 3.46. The summed E-state index contributed by atoms with van der Waals surface area (Å²) in [5.41, 5.74) is 1.89. The number of aromatic amines is 1. The lowest BCUT2D eigenvalue weighted by atomic mass is 10.2. The smallest absolute Gasteiger partial charge is 0.251 e. The Bertz CT molecular complexity index is 643. The minimum absolute atomic E-state index is 0.0946. The van der Waals surface area contributed by atoms with Gasteiger partial charge in [-0.2, -0.15) is 0 Å². The summed E-state index contributed by atoms with van der Waals surface area (Å²) < 4.78 is -1.60. The summed E-state index contributed by atoms with van der Waals surface area (Å²) in [4.78, 5) is 19.0. The number of nitrogens with zero attached hydrogens (tertiary/aromatic N) is 1. The fourth-order valence-electron chi connectivity index (χ4n) is 1.78. The van der Waals surface area contributed by atoms with Crippen LogP contribution in [0.15, 0.2) is 18.2 Å². The number of amides is 1. The molecule has 0 saturated heterocycles. The number of imidazole rings is 1. The highest BCUT2D eigenvalue weighted by atomic mass is 35.6. The fourth-order valence-corrected chi connectivity index (χ4v) is 2.05. The van der Waals surface area contributed by atoms with Crippen molar-refractivity contribution in [2.75, 3.05) is 0 Å². The molecule has 0 radical (unpaired) electrons. The molecule has 1 aromatic heterocycles. The van der Waals surface area contributed by atoms with Gasteiger partial charge < -0.3 is 10.3 Å². The van der Waals surface area contributed by atoms with E-state index < -0.39 is 3.79 Å². The van der Waals surface area contributed by atoms with Gasteiger partial charge in [0.05, 0.1) is 11.0 Å². The van der Waals surface area contributed by atoms with Crippen molar-refractivity contribution in [3.63, 3.8) is 0 Å². The molecule has 2 aromatic rings. The van der Waals surface area contributed by atoms with E-state index in [1.54, 1.807) is 18.2 Å². The van der Waals surface area contributed by atoms with Crippen molar-refractivity contribution < 1.29 is 4.79 Å². The highest BCUT2D eigenvalue weighted by molar-refractivity contribution is 6.66. The third-order valence-electron chi connectivity index (χ3n) is 2.93. The zero-order valence-electron chi connectivity index (χ0n) is 9.71. The van der Waals surface area contributed by atoms with Gasteiger partial charge in [0.15, 0.2) is 5.82 Å². The molecule has 19 heavy (non-hydrogen) atoms.